The van der Waals surface area contributed by atoms with Crippen molar-refractivity contribution in [3.8, 4) is 33.4 Å². The van der Waals surface area contributed by atoms with Crippen LogP contribution in [0, 0.1) is 128 Å². The summed E-state index contributed by atoms with van der Waals surface area (Å²) in [7, 11) is 0. The molecular weight excluding hydrogens is 963 g/mol. The van der Waals surface area contributed by atoms with E-state index in [1.165, 1.54) is 125 Å². The highest BCUT2D eigenvalue weighted by molar-refractivity contribution is 5.66. The monoisotopic (exact) mass is 1070 g/mol. The molecule has 430 valence electrons. The third-order valence-electron chi connectivity index (χ3n) is 21.5. The van der Waals surface area contributed by atoms with Gasteiger partial charge in [-0.05, 0) is 227 Å². The molecule has 2 atom stereocenters. The Morgan fingerprint density at radius 1 is 0.300 bits per heavy atom. The van der Waals surface area contributed by atoms with Gasteiger partial charge >= 0.3 is 0 Å². The highest BCUT2D eigenvalue weighted by Gasteiger charge is 2.63. The van der Waals surface area contributed by atoms with E-state index >= 15 is 0 Å². The van der Waals surface area contributed by atoms with Gasteiger partial charge in [-0.25, -0.2) is 0 Å². The molecule has 2 unspecified atom stereocenters. The van der Waals surface area contributed by atoms with Gasteiger partial charge in [0.05, 0.1) is 0 Å². The second-order valence-electron chi connectivity index (χ2n) is 30.0. The summed E-state index contributed by atoms with van der Waals surface area (Å²) in [4.78, 5) is 0. The minimum Gasteiger partial charge on any atom is -0.314 e. The van der Waals surface area contributed by atoms with E-state index in [0.29, 0.717) is 21.7 Å². The van der Waals surface area contributed by atoms with E-state index in [1.54, 1.807) is 0 Å². The molecule has 0 aromatic heterocycles. The lowest BCUT2D eigenvalue weighted by Crippen LogP contribution is -2.63. The van der Waals surface area contributed by atoms with Crippen molar-refractivity contribution in [3.63, 3.8) is 0 Å². The standard InChI is InChI=1S/C16H28.C14H24.3C14H14.C7H15N/c1-7-13-8(2)15-10(4)14(7)11(5)16(9(13)3)12(15)6;1-11-5-12(2)8-13(3,6-11)10-14(4,7-11)9-12;1-11-3-7-13(8-4-11)14-9-5-12(2)6-10-14;2*1-11-5-3-7-13(9-11)14-8-4-6-12(2)10-14;1-6-3-4-7(2)8-5-6/h7-16H,1-6H3;5-10H2,1-4H3;3*3-10H,1-2H3;6-8H,3-5H2,1-2H3. The highest BCUT2D eigenvalue weighted by Crippen LogP contribution is 2.73. The fraction of sp³-hybridized carbons (Fsp3) is 0.544. The fourth-order valence-corrected chi connectivity index (χ4v) is 20.1. The molecule has 0 radical (unpaired) electrons. The lowest BCUT2D eigenvalue weighted by Gasteiger charge is -2.68. The van der Waals surface area contributed by atoms with E-state index in [-0.39, 0.29) is 0 Å². The second-order valence-corrected chi connectivity index (χ2v) is 30.0. The van der Waals surface area contributed by atoms with Crippen molar-refractivity contribution in [1.29, 1.82) is 0 Å². The zero-order valence-electron chi connectivity index (χ0n) is 53.6. The Morgan fingerprint density at radius 3 is 0.750 bits per heavy atom. The number of nitrogens with one attached hydrogen (secondary N) is 1. The number of benzene rings is 6. The number of hydrogen-bond acceptors (Lipinski definition) is 1. The molecule has 8 saturated carbocycles. The summed E-state index contributed by atoms with van der Waals surface area (Å²) in [5.74, 6) is 10.9. The van der Waals surface area contributed by atoms with Crippen molar-refractivity contribution in [3.05, 3.63) is 179 Å². The van der Waals surface area contributed by atoms with Crippen molar-refractivity contribution >= 4 is 0 Å². The van der Waals surface area contributed by atoms with Gasteiger partial charge in [0.15, 0.2) is 0 Å². The van der Waals surface area contributed by atoms with Crippen molar-refractivity contribution in [2.75, 3.05) is 6.54 Å². The van der Waals surface area contributed by atoms with E-state index < -0.39 is 0 Å². The molecular formula is C79H109N. The Kier molecular flexibility index (Phi) is 19.5. The summed E-state index contributed by atoms with van der Waals surface area (Å²) in [6.07, 6.45) is 11.8. The first kappa shape index (κ1) is 61.4. The van der Waals surface area contributed by atoms with Gasteiger partial charge in [-0.1, -0.05) is 255 Å². The van der Waals surface area contributed by atoms with E-state index in [1.807, 2.05) is 0 Å². The van der Waals surface area contributed by atoms with E-state index in [0.717, 1.165) is 71.1 Å². The zero-order chi connectivity index (χ0) is 57.9. The van der Waals surface area contributed by atoms with Crippen LogP contribution in [0.1, 0.15) is 168 Å². The molecule has 9 aliphatic rings. The minimum atomic E-state index is 0.688. The van der Waals surface area contributed by atoms with Crippen LogP contribution in [0.15, 0.2) is 146 Å². The molecule has 6 aromatic rings. The lowest BCUT2D eigenvalue weighted by atomic mass is 9.37. The molecule has 1 aliphatic heterocycles. The van der Waals surface area contributed by atoms with E-state index in [9.17, 15) is 0 Å². The summed E-state index contributed by atoms with van der Waals surface area (Å²) in [6, 6.07) is 52.4. The van der Waals surface area contributed by atoms with Gasteiger partial charge in [0.2, 0.25) is 0 Å². The van der Waals surface area contributed by atoms with Gasteiger partial charge in [0, 0.05) is 6.04 Å². The Bertz CT molecular complexity index is 2500. The van der Waals surface area contributed by atoms with Crippen molar-refractivity contribution in [1.82, 2.24) is 5.32 Å². The summed E-state index contributed by atoms with van der Waals surface area (Å²) >= 11 is 0. The average Bonchev–Trinajstić information content (AvgIpc) is 3.01. The first-order valence-corrected chi connectivity index (χ1v) is 31.9. The van der Waals surface area contributed by atoms with Crippen LogP contribution in [0.3, 0.4) is 0 Å². The third-order valence-corrected chi connectivity index (χ3v) is 21.5. The molecule has 8 bridgehead atoms. The number of piperidine rings is 1. The second kappa shape index (κ2) is 25.4. The van der Waals surface area contributed by atoms with Gasteiger partial charge in [-0.15, -0.1) is 0 Å². The van der Waals surface area contributed by atoms with Crippen molar-refractivity contribution in [2.45, 2.75) is 182 Å². The van der Waals surface area contributed by atoms with Crippen LogP contribution in [0.25, 0.3) is 33.4 Å². The van der Waals surface area contributed by atoms with Crippen LogP contribution < -0.4 is 5.32 Å². The summed E-state index contributed by atoms with van der Waals surface area (Å²) < 4.78 is 0. The molecule has 15 rings (SSSR count). The van der Waals surface area contributed by atoms with Crippen LogP contribution >= 0.6 is 0 Å². The normalized spacial score (nSPS) is 34.6. The molecule has 1 heterocycles. The minimum absolute atomic E-state index is 0.688. The Hall–Kier alpha value is -4.72. The van der Waals surface area contributed by atoms with E-state index in [2.05, 4.69) is 276 Å². The topological polar surface area (TPSA) is 12.0 Å². The lowest BCUT2D eigenvalue weighted by molar-refractivity contribution is -0.206. The quantitative estimate of drug-likeness (QED) is 0.186. The number of hydrogen-bond donors (Lipinski definition) is 1. The fourth-order valence-electron chi connectivity index (χ4n) is 20.1. The van der Waals surface area contributed by atoms with Crippen LogP contribution in [0.5, 0.6) is 0 Å². The smallest absolute Gasteiger partial charge is 0.00389 e. The summed E-state index contributed by atoms with van der Waals surface area (Å²) in [6.45, 7) is 44.0. The van der Waals surface area contributed by atoms with Crippen LogP contribution in [-0.2, 0) is 0 Å². The molecule has 8 aliphatic carbocycles. The van der Waals surface area contributed by atoms with Crippen LogP contribution in [0.2, 0.25) is 0 Å². The predicted octanol–water partition coefficient (Wildman–Crippen LogP) is 22.0. The molecule has 1 heteroatoms. The molecule has 0 amide bonds. The van der Waals surface area contributed by atoms with E-state index in [4.69, 9.17) is 0 Å². The van der Waals surface area contributed by atoms with Gasteiger partial charge in [0.25, 0.3) is 0 Å². The largest absolute Gasteiger partial charge is 0.314 e. The maximum Gasteiger partial charge on any atom is 0.00389 e. The molecule has 80 heavy (non-hydrogen) atoms. The van der Waals surface area contributed by atoms with Crippen molar-refractivity contribution < 1.29 is 0 Å². The van der Waals surface area contributed by atoms with Gasteiger partial charge < -0.3 is 5.32 Å². The maximum absolute atomic E-state index is 3.43. The van der Waals surface area contributed by atoms with Crippen molar-refractivity contribution in [2.24, 2.45) is 86.8 Å². The molecule has 1 saturated heterocycles. The Morgan fingerprint density at radius 2 is 0.550 bits per heavy atom. The SMILES string of the molecule is CC12CC3(C)CC(C)(C1)CC(C)(C2)C3.CC1C2C(C)C3C(C)C1C(C)C(C2C)C3C.CC1CCC(C)NC1.Cc1ccc(-c2ccc(C)cc2)cc1.Cc1cccc(-c2cccc(C)c2)c1.Cc1cccc(-c2cccc(C)c2)c1. The number of aryl methyl sites for hydroxylation is 6. The summed E-state index contributed by atoms with van der Waals surface area (Å²) in [5, 5.41) is 3.43. The number of rotatable bonds is 3. The molecule has 1 N–H and O–H groups in total. The predicted molar refractivity (Wildman–Crippen MR) is 349 cm³/mol. The first-order chi connectivity index (χ1) is 37.8. The molecule has 6 aromatic carbocycles. The Balaban J connectivity index is 0.000000127. The molecule has 1 nitrogen and oxygen atoms in total. The Labute approximate surface area is 490 Å². The maximum atomic E-state index is 3.43. The average molecular weight is 1070 g/mol. The van der Waals surface area contributed by atoms with Gasteiger partial charge in [-0.2, -0.15) is 0 Å². The zero-order valence-corrected chi connectivity index (χ0v) is 53.6. The molecule has 9 fully saturated rings. The van der Waals surface area contributed by atoms with Gasteiger partial charge in [0.1, 0.15) is 0 Å². The first-order valence-electron chi connectivity index (χ1n) is 31.9. The third kappa shape index (κ3) is 14.7. The van der Waals surface area contributed by atoms with Gasteiger partial charge in [-0.3, -0.25) is 0 Å². The molecule has 0 spiro atoms. The highest BCUT2D eigenvalue weighted by atomic mass is 14.9. The van der Waals surface area contributed by atoms with Crippen LogP contribution in [0.4, 0.5) is 0 Å². The summed E-state index contributed by atoms with van der Waals surface area (Å²) in [5.41, 5.74) is 18.4. The van der Waals surface area contributed by atoms with Crippen LogP contribution in [-0.4, -0.2) is 12.6 Å².